The number of rotatable bonds is 4. The molecule has 2 heterocycles. The summed E-state index contributed by atoms with van der Waals surface area (Å²) < 4.78 is 26.6. The Balaban J connectivity index is 2.19. The monoisotopic (exact) mass is 349 g/mol. The van der Waals surface area contributed by atoms with Crippen LogP contribution in [0, 0.1) is 10.1 Å². The zero-order valence-corrected chi connectivity index (χ0v) is 13.7. The summed E-state index contributed by atoms with van der Waals surface area (Å²) in [6.45, 7) is 1.07. The molecule has 0 spiro atoms. The minimum atomic E-state index is -3.48. The maximum absolute atomic E-state index is 12.0. The van der Waals surface area contributed by atoms with E-state index in [-0.39, 0.29) is 29.7 Å². The Labute approximate surface area is 133 Å². The van der Waals surface area contributed by atoms with Gasteiger partial charge in [-0.25, -0.2) is 4.98 Å². The molecule has 0 N–H and O–H groups in total. The molecular weight excluding hydrogens is 334 g/mol. The highest BCUT2D eigenvalue weighted by atomic mass is 35.5. The zero-order valence-electron chi connectivity index (χ0n) is 12.1. The summed E-state index contributed by atoms with van der Waals surface area (Å²) in [7, 11) is -0.554. The van der Waals surface area contributed by atoms with E-state index < -0.39 is 15.1 Å². The summed E-state index contributed by atoms with van der Waals surface area (Å²) in [5, 5.41) is 11.2. The first-order valence-corrected chi connectivity index (χ1v) is 8.24. The Morgan fingerprint density at radius 3 is 2.36 bits per heavy atom. The molecule has 1 aliphatic heterocycles. The van der Waals surface area contributed by atoms with E-state index in [0.29, 0.717) is 13.1 Å². The maximum Gasteiger partial charge on any atom is 0.311 e. The highest BCUT2D eigenvalue weighted by molar-refractivity contribution is 7.86. The summed E-state index contributed by atoms with van der Waals surface area (Å²) in [5.74, 6) is 0.166. The first-order valence-electron chi connectivity index (χ1n) is 6.47. The van der Waals surface area contributed by atoms with E-state index in [2.05, 4.69) is 4.98 Å². The van der Waals surface area contributed by atoms with Crippen LogP contribution in [0.4, 0.5) is 11.5 Å². The molecule has 0 atom stereocenters. The van der Waals surface area contributed by atoms with Crippen molar-refractivity contribution in [3.05, 3.63) is 27.4 Å². The average molecular weight is 350 g/mol. The number of hydrogen-bond donors (Lipinski definition) is 0. The molecule has 0 unspecified atom stereocenters. The summed E-state index contributed by atoms with van der Waals surface area (Å²) in [4.78, 5) is 16.2. The van der Waals surface area contributed by atoms with Gasteiger partial charge in [0, 0.05) is 46.3 Å². The van der Waals surface area contributed by atoms with Crippen LogP contribution in [-0.2, 0) is 10.2 Å². The molecule has 1 aromatic rings. The second-order valence-corrected chi connectivity index (χ2v) is 7.44. The van der Waals surface area contributed by atoms with Gasteiger partial charge in [0.05, 0.1) is 4.92 Å². The first-order chi connectivity index (χ1) is 10.2. The van der Waals surface area contributed by atoms with Crippen LogP contribution in [0.1, 0.15) is 0 Å². The van der Waals surface area contributed by atoms with Crippen LogP contribution in [-0.4, -0.2) is 67.2 Å². The van der Waals surface area contributed by atoms with Crippen molar-refractivity contribution in [1.82, 2.24) is 13.6 Å². The molecule has 0 amide bonds. The Hall–Kier alpha value is -1.49. The van der Waals surface area contributed by atoms with E-state index in [0.717, 1.165) is 4.31 Å². The third-order valence-corrected chi connectivity index (χ3v) is 5.49. The van der Waals surface area contributed by atoms with Crippen LogP contribution >= 0.6 is 11.6 Å². The molecule has 0 bridgehead atoms. The van der Waals surface area contributed by atoms with E-state index in [1.807, 2.05) is 0 Å². The summed E-state index contributed by atoms with van der Waals surface area (Å²) >= 11 is 5.81. The largest absolute Gasteiger partial charge is 0.348 e. The fraction of sp³-hybridized carbons (Fsp3) is 0.545. The van der Waals surface area contributed by atoms with Crippen LogP contribution in [0.2, 0.25) is 5.15 Å². The van der Waals surface area contributed by atoms with Crippen molar-refractivity contribution in [2.45, 2.75) is 0 Å². The Morgan fingerprint density at radius 1 is 1.27 bits per heavy atom. The van der Waals surface area contributed by atoms with Crippen molar-refractivity contribution in [3.63, 3.8) is 0 Å². The van der Waals surface area contributed by atoms with E-state index in [1.54, 1.807) is 4.90 Å². The lowest BCUT2D eigenvalue weighted by molar-refractivity contribution is -0.384. The molecule has 0 saturated carbocycles. The second kappa shape index (κ2) is 6.32. The Kier molecular flexibility index (Phi) is 4.85. The zero-order chi connectivity index (χ0) is 16.5. The number of pyridine rings is 1. The lowest BCUT2D eigenvalue weighted by Crippen LogP contribution is -2.52. The van der Waals surface area contributed by atoms with Crippen molar-refractivity contribution >= 4 is 33.3 Å². The molecule has 0 radical (unpaired) electrons. The molecule has 9 nitrogen and oxygen atoms in total. The molecule has 11 heteroatoms. The van der Waals surface area contributed by atoms with Gasteiger partial charge >= 0.3 is 5.69 Å². The number of anilines is 1. The van der Waals surface area contributed by atoms with Gasteiger partial charge in [0.2, 0.25) is 5.82 Å². The summed E-state index contributed by atoms with van der Waals surface area (Å²) in [6.07, 6.45) is 0. The lowest BCUT2D eigenvalue weighted by Gasteiger charge is -2.35. The molecule has 2 rings (SSSR count). The van der Waals surface area contributed by atoms with Gasteiger partial charge < -0.3 is 4.90 Å². The average Bonchev–Trinajstić information content (AvgIpc) is 2.46. The molecule has 0 aliphatic carbocycles. The molecule has 1 aromatic heterocycles. The van der Waals surface area contributed by atoms with Crippen LogP contribution < -0.4 is 4.90 Å². The molecule has 122 valence electrons. The highest BCUT2D eigenvalue weighted by Gasteiger charge is 2.31. The standard InChI is InChI=1S/C11H16ClN5O4S/c1-14(2)22(20,21)16-7-5-15(6-8-16)11-9(17(18)19)3-4-10(12)13-11/h3-4H,5-8H2,1-2H3. The number of halogens is 1. The fourth-order valence-electron chi connectivity index (χ4n) is 2.15. The van der Waals surface area contributed by atoms with Crippen molar-refractivity contribution < 1.29 is 13.3 Å². The van der Waals surface area contributed by atoms with Crippen LogP contribution in [0.25, 0.3) is 0 Å². The lowest BCUT2D eigenvalue weighted by atomic mass is 10.3. The van der Waals surface area contributed by atoms with Gasteiger partial charge in [0.1, 0.15) is 5.15 Å². The molecule has 0 aromatic carbocycles. The van der Waals surface area contributed by atoms with Gasteiger partial charge in [0.25, 0.3) is 10.2 Å². The minimum absolute atomic E-state index is 0.145. The van der Waals surface area contributed by atoms with E-state index in [9.17, 15) is 18.5 Å². The molecule has 22 heavy (non-hydrogen) atoms. The predicted molar refractivity (Wildman–Crippen MR) is 82.3 cm³/mol. The van der Waals surface area contributed by atoms with E-state index in [1.165, 1.54) is 30.5 Å². The number of aromatic nitrogens is 1. The highest BCUT2D eigenvalue weighted by Crippen LogP contribution is 2.28. The summed E-state index contributed by atoms with van der Waals surface area (Å²) in [5.41, 5.74) is -0.145. The maximum atomic E-state index is 12.0. The predicted octanol–water partition coefficient (Wildman–Crippen LogP) is 0.572. The Bertz CT molecular complexity index is 673. The van der Waals surface area contributed by atoms with Crippen molar-refractivity contribution in [2.24, 2.45) is 0 Å². The van der Waals surface area contributed by atoms with Gasteiger partial charge in [-0.1, -0.05) is 11.6 Å². The van der Waals surface area contributed by atoms with Gasteiger partial charge in [-0.3, -0.25) is 10.1 Å². The minimum Gasteiger partial charge on any atom is -0.348 e. The third kappa shape index (κ3) is 3.29. The topological polar surface area (TPSA) is 99.9 Å². The van der Waals surface area contributed by atoms with Crippen molar-refractivity contribution in [3.8, 4) is 0 Å². The molecule has 1 saturated heterocycles. The number of nitrogens with zero attached hydrogens (tertiary/aromatic N) is 5. The van der Waals surface area contributed by atoms with Gasteiger partial charge in [-0.05, 0) is 6.07 Å². The molecular formula is C11H16ClN5O4S. The van der Waals surface area contributed by atoms with Crippen LogP contribution in [0.15, 0.2) is 12.1 Å². The normalized spacial score (nSPS) is 17.0. The molecule has 1 fully saturated rings. The quantitative estimate of drug-likeness (QED) is 0.447. The summed E-state index contributed by atoms with van der Waals surface area (Å²) in [6, 6.07) is 2.66. The van der Waals surface area contributed by atoms with Gasteiger partial charge in [-0.15, -0.1) is 0 Å². The Morgan fingerprint density at radius 2 is 1.86 bits per heavy atom. The SMILES string of the molecule is CN(C)S(=O)(=O)N1CCN(c2nc(Cl)ccc2[N+](=O)[O-])CC1. The van der Waals surface area contributed by atoms with Crippen LogP contribution in [0.5, 0.6) is 0 Å². The number of nitro groups is 1. The number of piperazine rings is 1. The van der Waals surface area contributed by atoms with E-state index >= 15 is 0 Å². The second-order valence-electron chi connectivity index (χ2n) is 4.91. The van der Waals surface area contributed by atoms with Gasteiger partial charge in [0.15, 0.2) is 0 Å². The van der Waals surface area contributed by atoms with Crippen molar-refractivity contribution in [2.75, 3.05) is 45.2 Å². The first kappa shape index (κ1) is 16.9. The van der Waals surface area contributed by atoms with E-state index in [4.69, 9.17) is 11.6 Å². The smallest absolute Gasteiger partial charge is 0.311 e. The third-order valence-electron chi connectivity index (χ3n) is 3.34. The van der Waals surface area contributed by atoms with Crippen LogP contribution in [0.3, 0.4) is 0 Å². The van der Waals surface area contributed by atoms with Crippen molar-refractivity contribution in [1.29, 1.82) is 0 Å². The van der Waals surface area contributed by atoms with Gasteiger partial charge in [-0.2, -0.15) is 17.0 Å². The number of hydrogen-bond acceptors (Lipinski definition) is 6. The fourth-order valence-corrected chi connectivity index (χ4v) is 3.38. The molecule has 1 aliphatic rings.